The van der Waals surface area contributed by atoms with Crippen LogP contribution in [-0.2, 0) is 16.1 Å². The van der Waals surface area contributed by atoms with E-state index in [4.69, 9.17) is 0 Å². The number of hydrogen-bond donors (Lipinski definition) is 2. The molecule has 2 N–H and O–H groups in total. The van der Waals surface area contributed by atoms with Gasteiger partial charge in [0.2, 0.25) is 5.91 Å². The average Bonchev–Trinajstić information content (AvgIpc) is 3.14. The Morgan fingerprint density at radius 1 is 1.29 bits per heavy atom. The van der Waals surface area contributed by atoms with E-state index in [-0.39, 0.29) is 11.8 Å². The zero-order valence-electron chi connectivity index (χ0n) is 16.7. The van der Waals surface area contributed by atoms with E-state index in [0.717, 1.165) is 22.2 Å². The smallest absolute Gasteiger partial charge is 0.407 e. The van der Waals surface area contributed by atoms with Crippen molar-refractivity contribution in [3.63, 3.8) is 0 Å². The molecule has 0 radical (unpaired) electrons. The minimum atomic E-state index is -0.653. The van der Waals surface area contributed by atoms with Gasteiger partial charge in [-0.1, -0.05) is 48.8 Å². The quantitative estimate of drug-likeness (QED) is 0.636. The van der Waals surface area contributed by atoms with Crippen LogP contribution in [0.5, 0.6) is 0 Å². The highest BCUT2D eigenvalue weighted by atomic mass is 79.9. The van der Waals surface area contributed by atoms with Crippen molar-refractivity contribution in [2.45, 2.75) is 39.8 Å². The van der Waals surface area contributed by atoms with Crippen LogP contribution >= 0.6 is 15.9 Å². The molecule has 1 aromatic heterocycles. The Balaban J connectivity index is 2.16. The molecule has 0 aliphatic rings. The molecule has 1 heterocycles. The van der Waals surface area contributed by atoms with E-state index in [1.54, 1.807) is 11.1 Å². The second-order valence-electron chi connectivity index (χ2n) is 6.87. The van der Waals surface area contributed by atoms with Crippen LogP contribution in [0.1, 0.15) is 33.0 Å². The summed E-state index contributed by atoms with van der Waals surface area (Å²) in [6.45, 7) is 6.70. The second kappa shape index (κ2) is 10.3. The summed E-state index contributed by atoms with van der Waals surface area (Å²) in [6, 6.07) is 7.26. The summed E-state index contributed by atoms with van der Waals surface area (Å²) in [5.41, 5.74) is 1.90. The van der Waals surface area contributed by atoms with Gasteiger partial charge in [0.1, 0.15) is 11.9 Å². The Kier molecular flexibility index (Phi) is 8.04. The third-order valence-electron chi connectivity index (χ3n) is 4.32. The molecule has 0 bridgehead atoms. The summed E-state index contributed by atoms with van der Waals surface area (Å²) in [6.07, 6.45) is 1.95. The van der Waals surface area contributed by atoms with Crippen molar-refractivity contribution in [3.8, 4) is 11.3 Å². The molecule has 0 saturated carbocycles. The standard InChI is InChI=1S/C20H27BrN4O3/c1-5-10-25(19(26)18(13(2)3)24-20(27)28-4)12-17-22-11-16(23-17)14-6-8-15(21)9-7-14/h6-9,11,13,18H,5,10,12H2,1-4H3,(H,22,23)(H,24,27)/t18-/m0/s1. The van der Waals surface area contributed by atoms with Crippen LogP contribution in [0.3, 0.4) is 0 Å². The highest BCUT2D eigenvalue weighted by molar-refractivity contribution is 9.10. The summed E-state index contributed by atoms with van der Waals surface area (Å²) in [5, 5.41) is 2.64. The predicted molar refractivity (Wildman–Crippen MR) is 112 cm³/mol. The van der Waals surface area contributed by atoms with Gasteiger partial charge in [-0.3, -0.25) is 4.79 Å². The molecule has 8 heteroatoms. The molecule has 7 nitrogen and oxygen atoms in total. The number of rotatable bonds is 8. The fraction of sp³-hybridized carbons (Fsp3) is 0.450. The van der Waals surface area contributed by atoms with Crippen molar-refractivity contribution < 1.29 is 14.3 Å². The SMILES string of the molecule is CCCN(Cc1ncc(-c2ccc(Br)cc2)[nH]1)C(=O)[C@@H](NC(=O)OC)C(C)C. The van der Waals surface area contributed by atoms with Gasteiger partial charge in [0.05, 0.1) is 25.5 Å². The first-order valence-corrected chi connectivity index (χ1v) is 10.1. The van der Waals surface area contributed by atoms with Crippen LogP contribution in [0.2, 0.25) is 0 Å². The summed E-state index contributed by atoms with van der Waals surface area (Å²) >= 11 is 3.43. The van der Waals surface area contributed by atoms with Gasteiger partial charge in [0, 0.05) is 11.0 Å². The Labute approximate surface area is 174 Å². The monoisotopic (exact) mass is 450 g/mol. The second-order valence-corrected chi connectivity index (χ2v) is 7.78. The van der Waals surface area contributed by atoms with E-state index < -0.39 is 12.1 Å². The van der Waals surface area contributed by atoms with Crippen LogP contribution in [0, 0.1) is 5.92 Å². The molecular formula is C20H27BrN4O3. The lowest BCUT2D eigenvalue weighted by Crippen LogP contribution is -2.51. The number of carbonyl (C=O) groups excluding carboxylic acids is 2. The molecule has 0 aliphatic heterocycles. The van der Waals surface area contributed by atoms with E-state index >= 15 is 0 Å². The molecule has 152 valence electrons. The number of carbonyl (C=O) groups is 2. The normalized spacial score (nSPS) is 11.9. The number of ether oxygens (including phenoxy) is 1. The third-order valence-corrected chi connectivity index (χ3v) is 4.85. The summed E-state index contributed by atoms with van der Waals surface area (Å²) in [4.78, 5) is 34.1. The summed E-state index contributed by atoms with van der Waals surface area (Å²) in [7, 11) is 1.29. The lowest BCUT2D eigenvalue weighted by atomic mass is 10.0. The molecule has 1 aromatic carbocycles. The number of halogens is 1. The number of aromatic nitrogens is 2. The van der Waals surface area contributed by atoms with Gasteiger partial charge in [-0.05, 0) is 30.0 Å². The molecule has 0 spiro atoms. The predicted octanol–water partition coefficient (Wildman–Crippen LogP) is 3.96. The van der Waals surface area contributed by atoms with Crippen molar-refractivity contribution in [1.82, 2.24) is 20.2 Å². The van der Waals surface area contributed by atoms with E-state index in [9.17, 15) is 9.59 Å². The van der Waals surface area contributed by atoms with E-state index in [2.05, 4.69) is 36.0 Å². The largest absolute Gasteiger partial charge is 0.453 e. The Morgan fingerprint density at radius 2 is 1.96 bits per heavy atom. The zero-order chi connectivity index (χ0) is 20.7. The molecule has 0 aliphatic carbocycles. The fourth-order valence-electron chi connectivity index (χ4n) is 2.83. The van der Waals surface area contributed by atoms with E-state index in [1.165, 1.54) is 7.11 Å². The first-order valence-electron chi connectivity index (χ1n) is 9.28. The minimum Gasteiger partial charge on any atom is -0.453 e. The molecule has 0 saturated heterocycles. The third kappa shape index (κ3) is 5.82. The molecule has 2 rings (SSSR count). The number of aromatic amines is 1. The molecular weight excluding hydrogens is 424 g/mol. The number of hydrogen-bond acceptors (Lipinski definition) is 4. The zero-order valence-corrected chi connectivity index (χ0v) is 18.2. The van der Waals surface area contributed by atoms with Gasteiger partial charge in [-0.15, -0.1) is 0 Å². The molecule has 28 heavy (non-hydrogen) atoms. The fourth-order valence-corrected chi connectivity index (χ4v) is 3.10. The lowest BCUT2D eigenvalue weighted by molar-refractivity contribution is -0.135. The number of nitrogens with one attached hydrogen (secondary N) is 2. The van der Waals surface area contributed by atoms with Crippen LogP contribution in [0.25, 0.3) is 11.3 Å². The maximum absolute atomic E-state index is 13.1. The van der Waals surface area contributed by atoms with Gasteiger partial charge in [0.25, 0.3) is 0 Å². The van der Waals surface area contributed by atoms with E-state index in [1.807, 2.05) is 45.0 Å². The van der Waals surface area contributed by atoms with Crippen molar-refractivity contribution >= 4 is 27.9 Å². The molecule has 0 fully saturated rings. The van der Waals surface area contributed by atoms with Crippen LogP contribution in [0.15, 0.2) is 34.9 Å². The Bertz CT molecular complexity index is 789. The van der Waals surface area contributed by atoms with Crippen molar-refractivity contribution in [1.29, 1.82) is 0 Å². The lowest BCUT2D eigenvalue weighted by Gasteiger charge is -2.28. The Morgan fingerprint density at radius 3 is 2.54 bits per heavy atom. The topological polar surface area (TPSA) is 87.3 Å². The van der Waals surface area contributed by atoms with Gasteiger partial charge >= 0.3 is 6.09 Å². The number of nitrogens with zero attached hydrogens (tertiary/aromatic N) is 2. The van der Waals surface area contributed by atoms with Gasteiger partial charge < -0.3 is 19.9 Å². The highest BCUT2D eigenvalue weighted by Gasteiger charge is 2.29. The van der Waals surface area contributed by atoms with Gasteiger partial charge in [-0.25, -0.2) is 9.78 Å². The summed E-state index contributed by atoms with van der Waals surface area (Å²) < 4.78 is 5.66. The van der Waals surface area contributed by atoms with E-state index in [0.29, 0.717) is 18.9 Å². The number of benzene rings is 1. The van der Waals surface area contributed by atoms with Crippen LogP contribution < -0.4 is 5.32 Å². The highest BCUT2D eigenvalue weighted by Crippen LogP contribution is 2.20. The van der Waals surface area contributed by atoms with Gasteiger partial charge in [0.15, 0.2) is 0 Å². The first kappa shape index (κ1) is 21.9. The van der Waals surface area contributed by atoms with Gasteiger partial charge in [-0.2, -0.15) is 0 Å². The van der Waals surface area contributed by atoms with Crippen molar-refractivity contribution in [3.05, 3.63) is 40.8 Å². The van der Waals surface area contributed by atoms with Crippen molar-refractivity contribution in [2.75, 3.05) is 13.7 Å². The maximum atomic E-state index is 13.1. The molecule has 2 amide bonds. The summed E-state index contributed by atoms with van der Waals surface area (Å²) in [5.74, 6) is 0.477. The van der Waals surface area contributed by atoms with Crippen molar-refractivity contribution in [2.24, 2.45) is 5.92 Å². The number of amides is 2. The number of methoxy groups -OCH3 is 1. The number of imidazole rings is 1. The van der Waals surface area contributed by atoms with Crippen LogP contribution in [-0.4, -0.2) is 46.6 Å². The average molecular weight is 451 g/mol. The molecule has 0 unspecified atom stereocenters. The molecule has 1 atom stereocenters. The number of alkyl carbamates (subject to hydrolysis) is 1. The molecule has 2 aromatic rings. The minimum absolute atomic E-state index is 0.0686. The maximum Gasteiger partial charge on any atom is 0.407 e. The first-order chi connectivity index (χ1) is 13.3. The van der Waals surface area contributed by atoms with Crippen LogP contribution in [0.4, 0.5) is 4.79 Å². The number of H-pyrrole nitrogens is 1. The Hall–Kier alpha value is -2.35.